The van der Waals surface area contributed by atoms with Crippen molar-refractivity contribution >= 4 is 11.6 Å². The van der Waals surface area contributed by atoms with E-state index in [-0.39, 0.29) is 0 Å². The number of benzene rings is 1. The van der Waals surface area contributed by atoms with E-state index < -0.39 is 6.29 Å². The molecule has 0 aliphatic carbocycles. The first-order valence-corrected chi connectivity index (χ1v) is 5.18. The van der Waals surface area contributed by atoms with Gasteiger partial charge in [-0.2, -0.15) is 0 Å². The molecule has 1 aromatic rings. The van der Waals surface area contributed by atoms with Crippen LogP contribution < -0.4 is 0 Å². The Labute approximate surface area is 88.5 Å². The Morgan fingerprint density at radius 3 is 2.64 bits per heavy atom. The molecule has 1 fully saturated rings. The van der Waals surface area contributed by atoms with Crippen LogP contribution in [0, 0.1) is 0 Å². The fourth-order valence-corrected chi connectivity index (χ4v) is 1.94. The first-order valence-electron chi connectivity index (χ1n) is 4.81. The van der Waals surface area contributed by atoms with E-state index in [2.05, 4.69) is 0 Å². The number of hydrogen-bond acceptors (Lipinski definition) is 2. The Bertz CT molecular complexity index is 297. The first kappa shape index (κ1) is 9.97. The summed E-state index contributed by atoms with van der Waals surface area (Å²) in [7, 11) is 0. The van der Waals surface area contributed by atoms with Crippen LogP contribution >= 0.6 is 11.6 Å². The smallest absolute Gasteiger partial charge is 0.155 e. The molecular formula is C11H13ClO2. The Morgan fingerprint density at radius 1 is 1.29 bits per heavy atom. The van der Waals surface area contributed by atoms with E-state index in [0.717, 1.165) is 11.4 Å². The van der Waals surface area contributed by atoms with E-state index >= 15 is 0 Å². The molecule has 0 spiro atoms. The number of ether oxygens (including phenoxy) is 1. The molecule has 2 rings (SSSR count). The molecule has 14 heavy (non-hydrogen) atoms. The minimum Gasteiger partial charge on any atom is -0.368 e. The van der Waals surface area contributed by atoms with Gasteiger partial charge in [-0.15, -0.1) is 0 Å². The van der Waals surface area contributed by atoms with E-state index in [0.29, 0.717) is 18.9 Å². The van der Waals surface area contributed by atoms with Gasteiger partial charge in [0.25, 0.3) is 0 Å². The molecule has 0 bridgehead atoms. The highest BCUT2D eigenvalue weighted by Crippen LogP contribution is 2.29. The van der Waals surface area contributed by atoms with Gasteiger partial charge in [0.15, 0.2) is 6.29 Å². The van der Waals surface area contributed by atoms with Crippen molar-refractivity contribution in [2.45, 2.75) is 25.0 Å². The second-order valence-corrected chi connectivity index (χ2v) is 4.03. The largest absolute Gasteiger partial charge is 0.368 e. The zero-order valence-electron chi connectivity index (χ0n) is 7.82. The zero-order chi connectivity index (χ0) is 9.97. The van der Waals surface area contributed by atoms with Crippen molar-refractivity contribution in [3.05, 3.63) is 34.9 Å². The van der Waals surface area contributed by atoms with Crippen LogP contribution in [0.25, 0.3) is 0 Å². The highest BCUT2D eigenvalue weighted by molar-refractivity contribution is 6.30. The lowest BCUT2D eigenvalue weighted by Crippen LogP contribution is -2.23. The lowest BCUT2D eigenvalue weighted by atomic mass is 9.91. The Kier molecular flexibility index (Phi) is 3.06. The number of halogens is 1. The van der Waals surface area contributed by atoms with E-state index in [9.17, 15) is 5.11 Å². The second kappa shape index (κ2) is 4.30. The molecule has 0 saturated carbocycles. The number of hydrogen-bond donors (Lipinski definition) is 1. The van der Waals surface area contributed by atoms with Gasteiger partial charge < -0.3 is 9.84 Å². The lowest BCUT2D eigenvalue weighted by molar-refractivity contribution is -0.129. The summed E-state index contributed by atoms with van der Waals surface area (Å²) >= 11 is 5.81. The third-order valence-corrected chi connectivity index (χ3v) is 2.86. The van der Waals surface area contributed by atoms with E-state index in [1.165, 1.54) is 5.56 Å². The van der Waals surface area contributed by atoms with Crippen LogP contribution in [0.2, 0.25) is 5.02 Å². The molecule has 1 aromatic carbocycles. The SMILES string of the molecule is OC1C[C@@H](c2ccc(Cl)cc2)CCO1. The van der Waals surface area contributed by atoms with Crippen molar-refractivity contribution in [2.24, 2.45) is 0 Å². The summed E-state index contributed by atoms with van der Waals surface area (Å²) in [5.74, 6) is 0.399. The molecule has 1 saturated heterocycles. The van der Waals surface area contributed by atoms with Crippen LogP contribution in [0.4, 0.5) is 0 Å². The molecule has 1 unspecified atom stereocenters. The van der Waals surface area contributed by atoms with Crippen molar-refractivity contribution in [3.63, 3.8) is 0 Å². The van der Waals surface area contributed by atoms with Crippen molar-refractivity contribution in [1.29, 1.82) is 0 Å². The second-order valence-electron chi connectivity index (χ2n) is 3.60. The van der Waals surface area contributed by atoms with E-state index in [1.807, 2.05) is 24.3 Å². The van der Waals surface area contributed by atoms with Crippen molar-refractivity contribution in [2.75, 3.05) is 6.61 Å². The Hall–Kier alpha value is -0.570. The van der Waals surface area contributed by atoms with Crippen LogP contribution in [-0.2, 0) is 4.74 Å². The third-order valence-electron chi connectivity index (χ3n) is 2.60. The van der Waals surface area contributed by atoms with Gasteiger partial charge in [-0.1, -0.05) is 23.7 Å². The maximum atomic E-state index is 9.35. The van der Waals surface area contributed by atoms with Gasteiger partial charge in [0.1, 0.15) is 0 Å². The van der Waals surface area contributed by atoms with Gasteiger partial charge in [-0.25, -0.2) is 0 Å². The van der Waals surface area contributed by atoms with E-state index in [4.69, 9.17) is 16.3 Å². The molecule has 0 amide bonds. The summed E-state index contributed by atoms with van der Waals surface area (Å²) in [6.45, 7) is 0.633. The molecule has 0 radical (unpaired) electrons. The minimum atomic E-state index is -0.607. The average molecular weight is 213 g/mol. The summed E-state index contributed by atoms with van der Waals surface area (Å²) < 4.78 is 5.08. The number of rotatable bonds is 1. The van der Waals surface area contributed by atoms with Crippen molar-refractivity contribution in [3.8, 4) is 0 Å². The Balaban J connectivity index is 2.10. The monoisotopic (exact) mass is 212 g/mol. The maximum Gasteiger partial charge on any atom is 0.155 e. The third kappa shape index (κ3) is 2.27. The lowest BCUT2D eigenvalue weighted by Gasteiger charge is -2.26. The van der Waals surface area contributed by atoms with Gasteiger partial charge in [-0.05, 0) is 30.0 Å². The van der Waals surface area contributed by atoms with Gasteiger partial charge in [0.2, 0.25) is 0 Å². The summed E-state index contributed by atoms with van der Waals surface area (Å²) in [6.07, 6.45) is 1.05. The number of aliphatic hydroxyl groups excluding tert-OH is 1. The Morgan fingerprint density at radius 2 is 2.00 bits per heavy atom. The van der Waals surface area contributed by atoms with Gasteiger partial charge >= 0.3 is 0 Å². The van der Waals surface area contributed by atoms with Crippen molar-refractivity contribution in [1.82, 2.24) is 0 Å². The van der Waals surface area contributed by atoms with E-state index in [1.54, 1.807) is 0 Å². The molecule has 0 aromatic heterocycles. The summed E-state index contributed by atoms with van der Waals surface area (Å²) in [5.41, 5.74) is 1.23. The fourth-order valence-electron chi connectivity index (χ4n) is 1.81. The van der Waals surface area contributed by atoms with Crippen LogP contribution in [0.15, 0.2) is 24.3 Å². The first-order chi connectivity index (χ1) is 6.75. The van der Waals surface area contributed by atoms with Crippen LogP contribution in [0.5, 0.6) is 0 Å². The standard InChI is InChI=1S/C11H13ClO2/c12-10-3-1-8(2-4-10)9-5-6-14-11(13)7-9/h1-4,9,11,13H,5-7H2/t9-,11?/m0/s1. The topological polar surface area (TPSA) is 29.5 Å². The molecular weight excluding hydrogens is 200 g/mol. The summed E-state index contributed by atoms with van der Waals surface area (Å²) in [5, 5.41) is 10.1. The summed E-state index contributed by atoms with van der Waals surface area (Å²) in [4.78, 5) is 0. The quantitative estimate of drug-likeness (QED) is 0.776. The van der Waals surface area contributed by atoms with Crippen LogP contribution in [0.3, 0.4) is 0 Å². The van der Waals surface area contributed by atoms with Crippen molar-refractivity contribution < 1.29 is 9.84 Å². The minimum absolute atomic E-state index is 0.399. The highest BCUT2D eigenvalue weighted by atomic mass is 35.5. The predicted octanol–water partition coefficient (Wildman–Crippen LogP) is 2.55. The number of aliphatic hydroxyl groups is 1. The fraction of sp³-hybridized carbons (Fsp3) is 0.455. The van der Waals surface area contributed by atoms with Gasteiger partial charge in [0, 0.05) is 11.4 Å². The zero-order valence-corrected chi connectivity index (χ0v) is 8.57. The molecule has 1 aliphatic heterocycles. The normalized spacial score (nSPS) is 27.6. The van der Waals surface area contributed by atoms with Crippen LogP contribution in [-0.4, -0.2) is 18.0 Å². The van der Waals surface area contributed by atoms with Gasteiger partial charge in [0.05, 0.1) is 6.61 Å². The molecule has 2 atom stereocenters. The molecule has 3 heteroatoms. The molecule has 76 valence electrons. The van der Waals surface area contributed by atoms with Gasteiger partial charge in [-0.3, -0.25) is 0 Å². The van der Waals surface area contributed by atoms with Crippen LogP contribution in [0.1, 0.15) is 24.3 Å². The molecule has 1 heterocycles. The maximum absolute atomic E-state index is 9.35. The molecule has 1 aliphatic rings. The average Bonchev–Trinajstić information content (AvgIpc) is 2.19. The summed E-state index contributed by atoms with van der Waals surface area (Å²) in [6, 6.07) is 7.81. The highest BCUT2D eigenvalue weighted by Gasteiger charge is 2.21. The molecule has 1 N–H and O–H groups in total. The molecule has 2 nitrogen and oxygen atoms in total. The predicted molar refractivity (Wildman–Crippen MR) is 55.4 cm³/mol.